The Balaban J connectivity index is 1.68. The molecule has 3 rings (SSSR count). The molecule has 0 aromatic heterocycles. The number of piperidine rings is 1. The van der Waals surface area contributed by atoms with E-state index in [1.54, 1.807) is 7.11 Å². The molecule has 0 bridgehead atoms. The van der Waals surface area contributed by atoms with Crippen molar-refractivity contribution >= 4 is 5.91 Å². The van der Waals surface area contributed by atoms with Crippen LogP contribution in [0.25, 0.3) is 0 Å². The summed E-state index contributed by atoms with van der Waals surface area (Å²) in [6.45, 7) is 1.98. The van der Waals surface area contributed by atoms with E-state index in [0.29, 0.717) is 19.4 Å². The summed E-state index contributed by atoms with van der Waals surface area (Å²) < 4.78 is 11.5. The lowest BCUT2D eigenvalue weighted by Crippen LogP contribution is -2.53. The van der Waals surface area contributed by atoms with Crippen molar-refractivity contribution in [3.8, 4) is 11.5 Å². The summed E-state index contributed by atoms with van der Waals surface area (Å²) in [6, 6.07) is 17.4. The average Bonchev–Trinajstić information content (AvgIpc) is 2.68. The van der Waals surface area contributed by atoms with Crippen LogP contribution >= 0.6 is 0 Å². The van der Waals surface area contributed by atoms with Crippen LogP contribution in [0.5, 0.6) is 11.5 Å². The van der Waals surface area contributed by atoms with Crippen LogP contribution in [0.15, 0.2) is 54.6 Å². The summed E-state index contributed by atoms with van der Waals surface area (Å²) in [5, 5.41) is 6.27. The van der Waals surface area contributed by atoms with E-state index in [-0.39, 0.29) is 5.91 Å². The molecule has 0 radical (unpaired) electrons. The third-order valence-corrected chi connectivity index (χ3v) is 4.60. The van der Waals surface area contributed by atoms with Crippen LogP contribution in [0.4, 0.5) is 0 Å². The van der Waals surface area contributed by atoms with Gasteiger partial charge < -0.3 is 20.1 Å². The van der Waals surface area contributed by atoms with E-state index in [4.69, 9.17) is 9.47 Å². The zero-order chi connectivity index (χ0) is 17.5. The van der Waals surface area contributed by atoms with Crippen molar-refractivity contribution in [3.05, 3.63) is 60.2 Å². The molecule has 132 valence electrons. The fraction of sp³-hybridized carbons (Fsp3) is 0.350. The molecule has 1 aliphatic heterocycles. The topological polar surface area (TPSA) is 59.6 Å². The van der Waals surface area contributed by atoms with E-state index >= 15 is 0 Å². The molecule has 25 heavy (non-hydrogen) atoms. The number of ether oxygens (including phenoxy) is 2. The highest BCUT2D eigenvalue weighted by atomic mass is 16.5. The van der Waals surface area contributed by atoms with E-state index in [2.05, 4.69) is 10.6 Å². The second kappa shape index (κ2) is 8.14. The molecule has 1 aliphatic rings. The van der Waals surface area contributed by atoms with Crippen LogP contribution in [0.2, 0.25) is 0 Å². The lowest BCUT2D eigenvalue weighted by molar-refractivity contribution is -0.146. The molecule has 2 aromatic carbocycles. The van der Waals surface area contributed by atoms with Gasteiger partial charge in [0.2, 0.25) is 0 Å². The van der Waals surface area contributed by atoms with Gasteiger partial charge in [0.15, 0.2) is 0 Å². The molecule has 0 saturated carbocycles. The molecule has 1 saturated heterocycles. The molecule has 5 nitrogen and oxygen atoms in total. The smallest absolute Gasteiger partial charge is 0.252 e. The highest BCUT2D eigenvalue weighted by molar-refractivity contribution is 5.85. The number of hydrogen-bond donors (Lipinski definition) is 2. The van der Waals surface area contributed by atoms with E-state index in [1.165, 1.54) is 0 Å². The van der Waals surface area contributed by atoms with Gasteiger partial charge in [-0.3, -0.25) is 4.79 Å². The van der Waals surface area contributed by atoms with E-state index in [9.17, 15) is 4.79 Å². The molecular weight excluding hydrogens is 316 g/mol. The van der Waals surface area contributed by atoms with Crippen molar-refractivity contribution < 1.29 is 14.3 Å². The summed E-state index contributed by atoms with van der Waals surface area (Å²) in [5.74, 6) is 1.45. The maximum atomic E-state index is 12.7. The van der Waals surface area contributed by atoms with Gasteiger partial charge in [-0.2, -0.15) is 0 Å². The zero-order valence-electron chi connectivity index (χ0n) is 14.5. The Morgan fingerprint density at radius 3 is 2.48 bits per heavy atom. The third kappa shape index (κ3) is 4.18. The minimum absolute atomic E-state index is 0.0639. The number of carbonyl (C=O) groups is 1. The van der Waals surface area contributed by atoms with Gasteiger partial charge in [0, 0.05) is 19.2 Å². The van der Waals surface area contributed by atoms with Gasteiger partial charge in [-0.15, -0.1) is 0 Å². The first-order chi connectivity index (χ1) is 12.2. The normalized spacial score (nSPS) is 16.2. The number of nitrogens with one attached hydrogen (secondary N) is 2. The van der Waals surface area contributed by atoms with Crippen LogP contribution in [0.3, 0.4) is 0 Å². The number of carbonyl (C=O) groups excluding carboxylic acids is 1. The van der Waals surface area contributed by atoms with Crippen LogP contribution < -0.4 is 15.4 Å². The Hall–Kier alpha value is -2.37. The first-order valence-electron chi connectivity index (χ1n) is 8.58. The summed E-state index contributed by atoms with van der Waals surface area (Å²) >= 11 is 0. The zero-order valence-corrected chi connectivity index (χ0v) is 14.5. The summed E-state index contributed by atoms with van der Waals surface area (Å²) in [4.78, 5) is 12.7. The number of methoxy groups -OCH3 is 1. The Labute approximate surface area is 148 Å². The molecule has 5 heteroatoms. The molecule has 0 atom stereocenters. The highest BCUT2D eigenvalue weighted by Crippen LogP contribution is 2.26. The lowest BCUT2D eigenvalue weighted by atomic mass is 9.91. The van der Waals surface area contributed by atoms with E-state index in [1.807, 2.05) is 54.6 Å². The number of amides is 1. The lowest BCUT2D eigenvalue weighted by Gasteiger charge is -2.34. The number of hydrogen-bond acceptors (Lipinski definition) is 4. The van der Waals surface area contributed by atoms with Gasteiger partial charge in [0.1, 0.15) is 17.1 Å². The van der Waals surface area contributed by atoms with Crippen LogP contribution in [0.1, 0.15) is 18.4 Å². The van der Waals surface area contributed by atoms with Gasteiger partial charge in [-0.1, -0.05) is 36.4 Å². The maximum absolute atomic E-state index is 12.7. The van der Waals surface area contributed by atoms with Gasteiger partial charge in [0.25, 0.3) is 5.91 Å². The fourth-order valence-electron chi connectivity index (χ4n) is 3.06. The quantitative estimate of drug-likeness (QED) is 0.849. The largest absolute Gasteiger partial charge is 0.457 e. The fourth-order valence-corrected chi connectivity index (χ4v) is 3.06. The molecule has 2 aromatic rings. The van der Waals surface area contributed by atoms with Gasteiger partial charge in [0.05, 0.1) is 0 Å². The summed E-state index contributed by atoms with van der Waals surface area (Å²) in [6.07, 6.45) is 1.36. The van der Waals surface area contributed by atoms with Gasteiger partial charge >= 0.3 is 0 Å². The predicted octanol–water partition coefficient (Wildman–Crippen LogP) is 2.86. The number of rotatable bonds is 6. The van der Waals surface area contributed by atoms with Crippen LogP contribution in [-0.2, 0) is 16.1 Å². The Morgan fingerprint density at radius 1 is 1.08 bits per heavy atom. The average molecular weight is 340 g/mol. The molecular formula is C20H24N2O3. The van der Waals surface area contributed by atoms with Crippen molar-refractivity contribution in [1.29, 1.82) is 0 Å². The van der Waals surface area contributed by atoms with Crippen molar-refractivity contribution in [3.63, 3.8) is 0 Å². The molecule has 0 unspecified atom stereocenters. The van der Waals surface area contributed by atoms with E-state index < -0.39 is 5.60 Å². The SMILES string of the molecule is COC1(C(=O)NCc2ccccc2Oc2ccccc2)CCNCC1. The molecule has 0 aliphatic carbocycles. The first kappa shape index (κ1) is 17.5. The third-order valence-electron chi connectivity index (χ3n) is 4.60. The molecule has 1 amide bonds. The van der Waals surface area contributed by atoms with Crippen LogP contribution in [0, 0.1) is 0 Å². The second-order valence-electron chi connectivity index (χ2n) is 6.15. The van der Waals surface area contributed by atoms with Crippen molar-refractivity contribution in [1.82, 2.24) is 10.6 Å². The van der Waals surface area contributed by atoms with Crippen molar-refractivity contribution in [2.45, 2.75) is 25.0 Å². The second-order valence-corrected chi connectivity index (χ2v) is 6.15. The van der Waals surface area contributed by atoms with Gasteiger partial charge in [-0.05, 0) is 44.1 Å². The minimum atomic E-state index is -0.736. The van der Waals surface area contributed by atoms with E-state index in [0.717, 1.165) is 30.2 Å². The summed E-state index contributed by atoms with van der Waals surface area (Å²) in [7, 11) is 1.61. The maximum Gasteiger partial charge on any atom is 0.252 e. The highest BCUT2D eigenvalue weighted by Gasteiger charge is 2.39. The van der Waals surface area contributed by atoms with Crippen molar-refractivity contribution in [2.75, 3.05) is 20.2 Å². The van der Waals surface area contributed by atoms with Crippen molar-refractivity contribution in [2.24, 2.45) is 0 Å². The summed E-state index contributed by atoms with van der Waals surface area (Å²) in [5.41, 5.74) is 0.195. The number of para-hydroxylation sites is 2. The Morgan fingerprint density at radius 2 is 1.76 bits per heavy atom. The Kier molecular flexibility index (Phi) is 5.68. The monoisotopic (exact) mass is 340 g/mol. The number of benzene rings is 2. The molecule has 1 fully saturated rings. The molecule has 0 spiro atoms. The molecule has 2 N–H and O–H groups in total. The molecule has 1 heterocycles. The first-order valence-corrected chi connectivity index (χ1v) is 8.58. The van der Waals surface area contributed by atoms with Crippen LogP contribution in [-0.4, -0.2) is 31.7 Å². The standard InChI is InChI=1S/C20H24N2O3/c1-24-20(11-13-21-14-12-20)19(23)22-15-16-7-5-6-10-18(16)25-17-8-3-2-4-9-17/h2-10,21H,11-15H2,1H3,(H,22,23). The minimum Gasteiger partial charge on any atom is -0.457 e. The Bertz CT molecular complexity index is 697. The van der Waals surface area contributed by atoms with Gasteiger partial charge in [-0.25, -0.2) is 0 Å². The predicted molar refractivity (Wildman–Crippen MR) is 96.6 cm³/mol.